The summed E-state index contributed by atoms with van der Waals surface area (Å²) >= 11 is 7.99. The molecule has 1 aliphatic carbocycles. The number of hydrogen-bond donors (Lipinski definition) is 2. The van der Waals surface area contributed by atoms with E-state index in [1.54, 1.807) is 11.3 Å². The van der Waals surface area contributed by atoms with Crippen molar-refractivity contribution in [2.45, 2.75) is 25.3 Å². The SMILES string of the molecule is O=C(CN1CCNCC1c1ccccc1Cl)Nc1nc2c(s1)CCC2. The van der Waals surface area contributed by atoms with Crippen molar-refractivity contribution < 1.29 is 4.79 Å². The number of rotatable bonds is 4. The van der Waals surface area contributed by atoms with Crippen molar-refractivity contribution >= 4 is 34.0 Å². The molecule has 1 aromatic heterocycles. The molecule has 1 aromatic carbocycles. The number of piperazine rings is 1. The van der Waals surface area contributed by atoms with Crippen molar-refractivity contribution in [3.63, 3.8) is 0 Å². The minimum absolute atomic E-state index is 0.00798. The Morgan fingerprint density at radius 3 is 3.12 bits per heavy atom. The maximum Gasteiger partial charge on any atom is 0.240 e. The first kappa shape index (κ1) is 17.0. The van der Waals surface area contributed by atoms with Crippen molar-refractivity contribution in [1.29, 1.82) is 0 Å². The molecule has 1 fully saturated rings. The molecule has 1 aliphatic heterocycles. The van der Waals surface area contributed by atoms with Crippen molar-refractivity contribution in [2.24, 2.45) is 0 Å². The van der Waals surface area contributed by atoms with Gasteiger partial charge in [0.25, 0.3) is 0 Å². The number of anilines is 1. The number of halogens is 1. The molecular formula is C18H21ClN4OS. The van der Waals surface area contributed by atoms with Crippen molar-refractivity contribution in [1.82, 2.24) is 15.2 Å². The lowest BCUT2D eigenvalue weighted by molar-refractivity contribution is -0.118. The van der Waals surface area contributed by atoms with Gasteiger partial charge in [-0.3, -0.25) is 9.69 Å². The number of carbonyl (C=O) groups is 1. The molecule has 0 bridgehead atoms. The van der Waals surface area contributed by atoms with Gasteiger partial charge in [-0.15, -0.1) is 11.3 Å². The van der Waals surface area contributed by atoms with Gasteiger partial charge in [0.2, 0.25) is 5.91 Å². The van der Waals surface area contributed by atoms with Crippen molar-refractivity contribution in [2.75, 3.05) is 31.5 Å². The van der Waals surface area contributed by atoms with Gasteiger partial charge in [-0.05, 0) is 30.9 Å². The van der Waals surface area contributed by atoms with Crippen LogP contribution in [-0.4, -0.2) is 42.0 Å². The van der Waals surface area contributed by atoms with E-state index in [0.29, 0.717) is 6.54 Å². The fourth-order valence-electron chi connectivity index (χ4n) is 3.57. The van der Waals surface area contributed by atoms with E-state index < -0.39 is 0 Å². The second kappa shape index (κ2) is 7.41. The highest BCUT2D eigenvalue weighted by Gasteiger charge is 2.27. The first-order chi connectivity index (χ1) is 12.2. The molecule has 1 saturated heterocycles. The number of amides is 1. The Labute approximate surface area is 156 Å². The Morgan fingerprint density at radius 1 is 1.40 bits per heavy atom. The zero-order valence-corrected chi connectivity index (χ0v) is 15.5. The predicted octanol–water partition coefficient (Wildman–Crippen LogP) is 2.87. The third-order valence-corrected chi connectivity index (χ3v) is 6.22. The van der Waals surface area contributed by atoms with Crippen LogP contribution >= 0.6 is 22.9 Å². The summed E-state index contributed by atoms with van der Waals surface area (Å²) in [5.74, 6) is -0.00798. The minimum Gasteiger partial charge on any atom is -0.314 e. The van der Waals surface area contributed by atoms with Crippen molar-refractivity contribution in [3.8, 4) is 0 Å². The first-order valence-corrected chi connectivity index (χ1v) is 9.88. The third kappa shape index (κ3) is 3.72. The molecule has 1 amide bonds. The van der Waals surface area contributed by atoms with E-state index in [1.807, 2.05) is 24.3 Å². The maximum atomic E-state index is 12.5. The number of aryl methyl sites for hydroxylation is 2. The lowest BCUT2D eigenvalue weighted by Gasteiger charge is -2.36. The lowest BCUT2D eigenvalue weighted by atomic mass is 10.0. The number of benzene rings is 1. The van der Waals surface area contributed by atoms with E-state index in [4.69, 9.17) is 11.6 Å². The number of fused-ring (bicyclic) bond motifs is 1. The summed E-state index contributed by atoms with van der Waals surface area (Å²) in [4.78, 5) is 20.6. The van der Waals surface area contributed by atoms with Gasteiger partial charge in [0.1, 0.15) is 0 Å². The van der Waals surface area contributed by atoms with Crippen LogP contribution in [0.25, 0.3) is 0 Å². The van der Waals surface area contributed by atoms with Crippen LogP contribution in [0.15, 0.2) is 24.3 Å². The smallest absolute Gasteiger partial charge is 0.240 e. The number of nitrogens with zero attached hydrogens (tertiary/aromatic N) is 2. The molecule has 2 N–H and O–H groups in total. The summed E-state index contributed by atoms with van der Waals surface area (Å²) in [6.45, 7) is 2.84. The van der Waals surface area contributed by atoms with E-state index in [9.17, 15) is 4.79 Å². The topological polar surface area (TPSA) is 57.3 Å². The summed E-state index contributed by atoms with van der Waals surface area (Å²) in [5.41, 5.74) is 2.23. The molecule has 1 unspecified atom stereocenters. The van der Waals surface area contributed by atoms with Gasteiger partial charge in [-0.25, -0.2) is 4.98 Å². The molecule has 0 radical (unpaired) electrons. The van der Waals surface area contributed by atoms with Crippen LogP contribution in [0.1, 0.15) is 28.6 Å². The van der Waals surface area contributed by atoms with Gasteiger partial charge >= 0.3 is 0 Å². The molecule has 4 rings (SSSR count). The summed E-state index contributed by atoms with van der Waals surface area (Å²) in [6.07, 6.45) is 3.31. The zero-order valence-electron chi connectivity index (χ0n) is 13.9. The highest BCUT2D eigenvalue weighted by atomic mass is 35.5. The third-order valence-electron chi connectivity index (χ3n) is 4.81. The van der Waals surface area contributed by atoms with E-state index >= 15 is 0 Å². The van der Waals surface area contributed by atoms with E-state index in [2.05, 4.69) is 20.5 Å². The van der Waals surface area contributed by atoms with Gasteiger partial charge < -0.3 is 10.6 Å². The predicted molar refractivity (Wildman–Crippen MR) is 101 cm³/mol. The summed E-state index contributed by atoms with van der Waals surface area (Å²) < 4.78 is 0. The number of aromatic nitrogens is 1. The van der Waals surface area contributed by atoms with Gasteiger partial charge in [0, 0.05) is 35.6 Å². The zero-order chi connectivity index (χ0) is 17.2. The van der Waals surface area contributed by atoms with Crippen LogP contribution in [0.5, 0.6) is 0 Å². The Balaban J connectivity index is 1.44. The Bertz CT molecular complexity index is 757. The normalized spacial score (nSPS) is 20.4. The van der Waals surface area contributed by atoms with Gasteiger partial charge in [0.15, 0.2) is 5.13 Å². The molecule has 25 heavy (non-hydrogen) atoms. The van der Waals surface area contributed by atoms with Crippen LogP contribution < -0.4 is 10.6 Å². The van der Waals surface area contributed by atoms with Crippen LogP contribution in [0.4, 0.5) is 5.13 Å². The van der Waals surface area contributed by atoms with E-state index in [1.165, 1.54) is 11.3 Å². The van der Waals surface area contributed by atoms with Gasteiger partial charge in [0.05, 0.1) is 12.2 Å². The molecule has 2 aromatic rings. The van der Waals surface area contributed by atoms with Crippen LogP contribution in [0, 0.1) is 0 Å². The van der Waals surface area contributed by atoms with Crippen LogP contribution in [0.3, 0.4) is 0 Å². The average Bonchev–Trinajstić information content (AvgIpc) is 3.17. The fraction of sp³-hybridized carbons (Fsp3) is 0.444. The lowest BCUT2D eigenvalue weighted by Crippen LogP contribution is -2.48. The quantitative estimate of drug-likeness (QED) is 0.861. The highest BCUT2D eigenvalue weighted by molar-refractivity contribution is 7.15. The van der Waals surface area contributed by atoms with Gasteiger partial charge in [-0.1, -0.05) is 29.8 Å². The molecule has 2 heterocycles. The number of hydrogen-bond acceptors (Lipinski definition) is 5. The second-order valence-electron chi connectivity index (χ2n) is 6.50. The standard InChI is InChI=1S/C18H21ClN4OS/c19-13-5-2-1-4-12(13)15-10-20-8-9-23(15)11-17(24)22-18-21-14-6-3-7-16(14)25-18/h1-2,4-5,15,20H,3,6-11H2,(H,21,22,24). The average molecular weight is 377 g/mol. The molecule has 0 spiro atoms. The number of thiazole rings is 1. The number of carbonyl (C=O) groups excluding carboxylic acids is 1. The van der Waals surface area contributed by atoms with Gasteiger partial charge in [-0.2, -0.15) is 0 Å². The second-order valence-corrected chi connectivity index (χ2v) is 7.99. The number of nitrogens with one attached hydrogen (secondary N) is 2. The van der Waals surface area contributed by atoms with Crippen LogP contribution in [0.2, 0.25) is 5.02 Å². The molecule has 5 nitrogen and oxygen atoms in total. The first-order valence-electron chi connectivity index (χ1n) is 8.68. The van der Waals surface area contributed by atoms with E-state index in [0.717, 1.165) is 53.9 Å². The molecule has 1 atom stereocenters. The Kier molecular flexibility index (Phi) is 5.03. The maximum absolute atomic E-state index is 12.5. The molecule has 0 saturated carbocycles. The van der Waals surface area contributed by atoms with Crippen molar-refractivity contribution in [3.05, 3.63) is 45.4 Å². The minimum atomic E-state index is -0.00798. The van der Waals surface area contributed by atoms with E-state index in [-0.39, 0.29) is 11.9 Å². The highest BCUT2D eigenvalue weighted by Crippen LogP contribution is 2.31. The van der Waals surface area contributed by atoms with Crippen LogP contribution in [-0.2, 0) is 17.6 Å². The largest absolute Gasteiger partial charge is 0.314 e. The molecule has 7 heteroatoms. The summed E-state index contributed by atoms with van der Waals surface area (Å²) in [6, 6.07) is 7.97. The molecule has 132 valence electrons. The Morgan fingerprint density at radius 2 is 2.28 bits per heavy atom. The summed E-state index contributed by atoms with van der Waals surface area (Å²) in [5, 5.41) is 7.86. The summed E-state index contributed by atoms with van der Waals surface area (Å²) in [7, 11) is 0. The fourth-order valence-corrected chi connectivity index (χ4v) is 4.90. The molecule has 2 aliphatic rings. The molecular weight excluding hydrogens is 356 g/mol. The monoisotopic (exact) mass is 376 g/mol. The Hall–Kier alpha value is -1.47.